The molecule has 2 aliphatic rings. The van der Waals surface area contributed by atoms with E-state index in [9.17, 15) is 4.39 Å². The number of fused-ring (bicyclic) bond motifs is 6. The number of rotatable bonds is 4. The van der Waals surface area contributed by atoms with E-state index >= 15 is 0 Å². The number of aryl methyl sites for hydroxylation is 2. The van der Waals surface area contributed by atoms with E-state index in [1.807, 2.05) is 31.2 Å². The number of nitrogens with one attached hydrogen (secondary N) is 1. The maximum absolute atomic E-state index is 13.9. The summed E-state index contributed by atoms with van der Waals surface area (Å²) in [5, 5.41) is 5.66. The van der Waals surface area contributed by atoms with Crippen LogP contribution in [-0.2, 0) is 19.9 Å². The lowest BCUT2D eigenvalue weighted by Gasteiger charge is -2.29. The first-order valence-corrected chi connectivity index (χ1v) is 11.7. The summed E-state index contributed by atoms with van der Waals surface area (Å²) in [6.45, 7) is 4.16. The van der Waals surface area contributed by atoms with Gasteiger partial charge in [-0.15, -0.1) is 0 Å². The van der Waals surface area contributed by atoms with Crippen molar-refractivity contribution in [3.8, 4) is 11.5 Å². The molecule has 1 N–H and O–H groups in total. The number of halogens is 1. The van der Waals surface area contributed by atoms with E-state index in [0.717, 1.165) is 71.4 Å². The van der Waals surface area contributed by atoms with Gasteiger partial charge in [-0.1, -0.05) is 0 Å². The number of benzene rings is 2. The Kier molecular flexibility index (Phi) is 4.98. The average molecular weight is 446 g/mol. The van der Waals surface area contributed by atoms with Crippen molar-refractivity contribution in [2.75, 3.05) is 19.7 Å². The fourth-order valence-corrected chi connectivity index (χ4v) is 5.42. The maximum atomic E-state index is 13.9. The molecule has 0 saturated carbocycles. The van der Waals surface area contributed by atoms with E-state index in [0.29, 0.717) is 12.5 Å². The van der Waals surface area contributed by atoms with Crippen molar-refractivity contribution in [1.82, 2.24) is 14.9 Å². The van der Waals surface area contributed by atoms with E-state index in [1.165, 1.54) is 11.3 Å². The molecule has 0 unspecified atom stereocenters. The second-order valence-electron chi connectivity index (χ2n) is 9.38. The number of pyridine rings is 1. The third-order valence-electron chi connectivity index (χ3n) is 7.12. The molecule has 1 aliphatic carbocycles. The number of aromatic nitrogens is 2. The molecule has 0 radical (unpaired) electrons. The van der Waals surface area contributed by atoms with Gasteiger partial charge in [0, 0.05) is 41.3 Å². The predicted molar refractivity (Wildman–Crippen MR) is 128 cm³/mol. The molecule has 6 heteroatoms. The van der Waals surface area contributed by atoms with Gasteiger partial charge < -0.3 is 19.4 Å². The molecule has 4 aromatic rings. The summed E-state index contributed by atoms with van der Waals surface area (Å²) in [5.41, 5.74) is 5.70. The molecule has 3 heterocycles. The minimum absolute atomic E-state index is 0.0461. The average Bonchev–Trinajstić information content (AvgIpc) is 3.09. The summed E-state index contributed by atoms with van der Waals surface area (Å²) in [6, 6.07) is 13.1. The molecule has 6 rings (SSSR count). The van der Waals surface area contributed by atoms with Crippen LogP contribution in [0.15, 0.2) is 42.5 Å². The Morgan fingerprint density at radius 3 is 2.94 bits per heavy atom. The zero-order valence-corrected chi connectivity index (χ0v) is 19.0. The van der Waals surface area contributed by atoms with Crippen LogP contribution in [-0.4, -0.2) is 35.4 Å². The van der Waals surface area contributed by atoms with Crippen LogP contribution >= 0.6 is 0 Å². The zero-order chi connectivity index (χ0) is 22.5. The zero-order valence-electron chi connectivity index (χ0n) is 19.0. The minimum atomic E-state index is -0.163. The van der Waals surface area contributed by atoms with Crippen molar-refractivity contribution < 1.29 is 13.9 Å². The van der Waals surface area contributed by atoms with Gasteiger partial charge in [0.15, 0.2) is 11.5 Å². The number of hydrogen-bond donors (Lipinski definition) is 1. The highest BCUT2D eigenvalue weighted by Crippen LogP contribution is 2.38. The van der Waals surface area contributed by atoms with Gasteiger partial charge >= 0.3 is 0 Å². The van der Waals surface area contributed by atoms with E-state index in [4.69, 9.17) is 9.47 Å². The monoisotopic (exact) mass is 445 g/mol. The van der Waals surface area contributed by atoms with Crippen LogP contribution in [0.5, 0.6) is 11.5 Å². The summed E-state index contributed by atoms with van der Waals surface area (Å²) in [4.78, 5) is 4.60. The molecule has 2 aromatic carbocycles. The van der Waals surface area contributed by atoms with Crippen molar-refractivity contribution in [2.45, 2.75) is 32.3 Å². The molecule has 0 bridgehead atoms. The van der Waals surface area contributed by atoms with Gasteiger partial charge in [0.1, 0.15) is 18.5 Å². The molecule has 0 spiro atoms. The van der Waals surface area contributed by atoms with Gasteiger partial charge in [-0.2, -0.15) is 0 Å². The Hall–Kier alpha value is -3.12. The van der Waals surface area contributed by atoms with Crippen LogP contribution < -0.4 is 14.8 Å². The Morgan fingerprint density at radius 2 is 2.03 bits per heavy atom. The van der Waals surface area contributed by atoms with E-state index < -0.39 is 0 Å². The molecule has 170 valence electrons. The lowest BCUT2D eigenvalue weighted by Crippen LogP contribution is -2.40. The molecular weight excluding hydrogens is 417 g/mol. The summed E-state index contributed by atoms with van der Waals surface area (Å²) < 4.78 is 28.5. The first-order chi connectivity index (χ1) is 16.1. The summed E-state index contributed by atoms with van der Waals surface area (Å²) >= 11 is 0. The Morgan fingerprint density at radius 1 is 1.12 bits per heavy atom. The van der Waals surface area contributed by atoms with Crippen LogP contribution in [0.4, 0.5) is 4.39 Å². The Bertz CT molecular complexity index is 1360. The first kappa shape index (κ1) is 20.5. The van der Waals surface area contributed by atoms with Gasteiger partial charge in [-0.25, -0.2) is 4.39 Å². The van der Waals surface area contributed by atoms with Crippen LogP contribution in [0.2, 0.25) is 0 Å². The summed E-state index contributed by atoms with van der Waals surface area (Å²) in [7, 11) is 2.09. The first-order valence-electron chi connectivity index (χ1n) is 11.7. The Labute approximate surface area is 192 Å². The molecule has 0 fully saturated rings. The van der Waals surface area contributed by atoms with Gasteiger partial charge in [0.05, 0.1) is 5.52 Å². The van der Waals surface area contributed by atoms with Gasteiger partial charge in [-0.05, 0) is 86.7 Å². The predicted octanol–water partition coefficient (Wildman–Crippen LogP) is 4.71. The summed E-state index contributed by atoms with van der Waals surface area (Å²) in [6.07, 6.45) is 3.09. The second-order valence-corrected chi connectivity index (χ2v) is 9.38. The summed E-state index contributed by atoms with van der Waals surface area (Å²) in [5.74, 6) is 1.94. The van der Waals surface area contributed by atoms with Crippen molar-refractivity contribution in [3.63, 3.8) is 0 Å². The van der Waals surface area contributed by atoms with Gasteiger partial charge in [0.25, 0.3) is 0 Å². The maximum Gasteiger partial charge on any atom is 0.171 e. The lowest BCUT2D eigenvalue weighted by atomic mass is 9.86. The molecular formula is C27H28FN3O2. The number of ether oxygens (including phenoxy) is 2. The van der Waals surface area contributed by atoms with E-state index in [1.54, 1.807) is 12.1 Å². The molecule has 1 aliphatic heterocycles. The molecule has 2 aromatic heterocycles. The van der Waals surface area contributed by atoms with Crippen LogP contribution in [0.25, 0.3) is 21.8 Å². The van der Waals surface area contributed by atoms with Crippen LogP contribution in [0.3, 0.4) is 0 Å². The molecule has 0 saturated heterocycles. The second kappa shape index (κ2) is 8.03. The highest BCUT2D eigenvalue weighted by molar-refractivity contribution is 5.88. The standard InChI is InChI=1S/C27H28FN3O2/c1-16-3-6-20-23(30-16)7-10-26-27(20)33-19(15-32-26)14-29-13-17-4-8-24-21(11-17)22-12-18(28)5-9-25(22)31(24)2/h3,5-7,9-10,12,17,19,29H,4,8,11,13-15H2,1-2H3/t17-,19-/m0/s1. The van der Waals surface area contributed by atoms with E-state index in [-0.39, 0.29) is 11.9 Å². The van der Waals surface area contributed by atoms with Crippen molar-refractivity contribution in [2.24, 2.45) is 13.0 Å². The third kappa shape index (κ3) is 3.62. The minimum Gasteiger partial charge on any atom is -0.486 e. The quantitative estimate of drug-likeness (QED) is 0.494. The van der Waals surface area contributed by atoms with Crippen LogP contribution in [0.1, 0.15) is 23.4 Å². The fourth-order valence-electron chi connectivity index (χ4n) is 5.42. The van der Waals surface area contributed by atoms with E-state index in [2.05, 4.69) is 28.0 Å². The molecule has 5 nitrogen and oxygen atoms in total. The van der Waals surface area contributed by atoms with Crippen molar-refractivity contribution in [3.05, 3.63) is 65.2 Å². The Balaban J connectivity index is 1.12. The third-order valence-corrected chi connectivity index (χ3v) is 7.12. The van der Waals surface area contributed by atoms with Crippen molar-refractivity contribution >= 4 is 21.8 Å². The normalized spacial score (nSPS) is 19.7. The lowest BCUT2D eigenvalue weighted by molar-refractivity contribution is 0.0915. The molecule has 2 atom stereocenters. The SMILES string of the molecule is Cc1ccc2c3c(ccc2n1)OC[C@H](CNC[C@H]1CCc2c(c4cc(F)ccc4n2C)C1)O3. The fraction of sp³-hybridized carbons (Fsp3) is 0.370. The van der Waals surface area contributed by atoms with Crippen molar-refractivity contribution in [1.29, 1.82) is 0 Å². The molecule has 33 heavy (non-hydrogen) atoms. The smallest absolute Gasteiger partial charge is 0.171 e. The largest absolute Gasteiger partial charge is 0.486 e. The van der Waals surface area contributed by atoms with Gasteiger partial charge in [0.2, 0.25) is 0 Å². The number of nitrogens with zero attached hydrogens (tertiary/aromatic N) is 2. The molecule has 0 amide bonds. The van der Waals surface area contributed by atoms with Crippen LogP contribution in [0, 0.1) is 18.7 Å². The topological polar surface area (TPSA) is 48.3 Å². The van der Waals surface area contributed by atoms with Gasteiger partial charge in [-0.3, -0.25) is 4.98 Å². The number of hydrogen-bond acceptors (Lipinski definition) is 4. The highest BCUT2D eigenvalue weighted by Gasteiger charge is 2.26. The highest BCUT2D eigenvalue weighted by atomic mass is 19.1.